The van der Waals surface area contributed by atoms with Crippen molar-refractivity contribution in [2.45, 2.75) is 13.8 Å². The number of rotatable bonds is 5. The van der Waals surface area contributed by atoms with Gasteiger partial charge in [0, 0.05) is 10.7 Å². The zero-order valence-electron chi connectivity index (χ0n) is 14.7. The largest absolute Gasteiger partial charge is 0.376 e. The van der Waals surface area contributed by atoms with Gasteiger partial charge in [-0.05, 0) is 53.9 Å². The zero-order valence-corrected chi connectivity index (χ0v) is 15.5. The predicted molar refractivity (Wildman–Crippen MR) is 109 cm³/mol. The average molecular weight is 366 g/mol. The minimum Gasteiger partial charge on any atom is -0.376 e. The Balaban J connectivity index is 1.62. The van der Waals surface area contributed by atoms with Gasteiger partial charge in [0.15, 0.2) is 0 Å². The molecule has 0 aliphatic rings. The number of halogens is 1. The van der Waals surface area contributed by atoms with Crippen LogP contribution in [0.5, 0.6) is 0 Å². The molecule has 0 saturated heterocycles. The van der Waals surface area contributed by atoms with Crippen LogP contribution in [0.1, 0.15) is 18.1 Å². The second-order valence-electron chi connectivity index (χ2n) is 6.06. The van der Waals surface area contributed by atoms with Crippen molar-refractivity contribution in [2.75, 3.05) is 11.9 Å². The van der Waals surface area contributed by atoms with Gasteiger partial charge < -0.3 is 5.32 Å². The maximum absolute atomic E-state index is 12.0. The van der Waals surface area contributed by atoms with E-state index < -0.39 is 0 Å². The lowest BCUT2D eigenvalue weighted by atomic mass is 10.0. The summed E-state index contributed by atoms with van der Waals surface area (Å²) in [5.74, 6) is -0.218. The Labute approximate surface area is 157 Å². The van der Waals surface area contributed by atoms with Crippen LogP contribution >= 0.6 is 11.6 Å². The van der Waals surface area contributed by atoms with E-state index in [4.69, 9.17) is 11.6 Å². The van der Waals surface area contributed by atoms with Gasteiger partial charge in [-0.1, -0.05) is 54.1 Å². The van der Waals surface area contributed by atoms with E-state index in [1.165, 1.54) is 5.39 Å². The Kier molecular flexibility index (Phi) is 5.54. The van der Waals surface area contributed by atoms with Gasteiger partial charge in [-0.2, -0.15) is 5.10 Å². The number of nitrogens with zero attached hydrogens (tertiary/aromatic N) is 1. The molecular formula is C21H20ClN3O. The van der Waals surface area contributed by atoms with Gasteiger partial charge in [-0.3, -0.25) is 4.79 Å². The highest BCUT2D eigenvalue weighted by Crippen LogP contribution is 2.22. The zero-order chi connectivity index (χ0) is 18.5. The fraction of sp³-hybridized carbons (Fsp3) is 0.143. The van der Waals surface area contributed by atoms with Gasteiger partial charge in [0.25, 0.3) is 5.91 Å². The lowest BCUT2D eigenvalue weighted by Crippen LogP contribution is -2.27. The van der Waals surface area contributed by atoms with Crippen LogP contribution in [0.15, 0.2) is 65.8 Å². The van der Waals surface area contributed by atoms with E-state index in [1.807, 2.05) is 50.2 Å². The standard InChI is InChI=1S/C21H20ClN3O/c1-14-19(22)8-5-9-20(14)23-13-21(26)25-24-15(2)17-11-10-16-6-3-4-7-18(16)12-17/h3-12,23H,13H2,1-2H3,(H,25,26). The predicted octanol–water partition coefficient (Wildman–Crippen LogP) is 4.75. The third kappa shape index (κ3) is 4.21. The first kappa shape index (κ1) is 18.0. The van der Waals surface area contributed by atoms with Crippen molar-refractivity contribution in [3.8, 4) is 0 Å². The van der Waals surface area contributed by atoms with E-state index in [2.05, 4.69) is 40.1 Å². The molecule has 2 N–H and O–H groups in total. The van der Waals surface area contributed by atoms with Crippen molar-refractivity contribution < 1.29 is 4.79 Å². The van der Waals surface area contributed by atoms with Crippen molar-refractivity contribution in [2.24, 2.45) is 5.10 Å². The molecule has 0 heterocycles. The first-order valence-electron chi connectivity index (χ1n) is 8.36. The van der Waals surface area contributed by atoms with Crippen LogP contribution in [0.3, 0.4) is 0 Å². The normalized spacial score (nSPS) is 11.4. The molecule has 3 aromatic rings. The van der Waals surface area contributed by atoms with E-state index in [1.54, 1.807) is 0 Å². The number of carbonyl (C=O) groups excluding carboxylic acids is 1. The summed E-state index contributed by atoms with van der Waals surface area (Å²) < 4.78 is 0. The molecule has 0 atom stereocenters. The number of fused-ring (bicyclic) bond motifs is 1. The number of nitrogens with one attached hydrogen (secondary N) is 2. The molecule has 0 radical (unpaired) electrons. The molecule has 0 aliphatic carbocycles. The smallest absolute Gasteiger partial charge is 0.259 e. The highest BCUT2D eigenvalue weighted by Gasteiger charge is 2.05. The Hall–Kier alpha value is -2.85. The molecule has 132 valence electrons. The minimum atomic E-state index is -0.218. The quantitative estimate of drug-likeness (QED) is 0.506. The van der Waals surface area contributed by atoms with Gasteiger partial charge >= 0.3 is 0 Å². The Morgan fingerprint density at radius 1 is 1.04 bits per heavy atom. The van der Waals surface area contributed by atoms with Crippen LogP contribution in [0.4, 0.5) is 5.69 Å². The molecule has 0 fully saturated rings. The van der Waals surface area contributed by atoms with Gasteiger partial charge in [0.2, 0.25) is 0 Å². The third-order valence-electron chi connectivity index (χ3n) is 4.22. The van der Waals surface area contributed by atoms with Crippen LogP contribution < -0.4 is 10.7 Å². The first-order chi connectivity index (χ1) is 12.5. The van der Waals surface area contributed by atoms with Crippen LogP contribution in [0.2, 0.25) is 5.02 Å². The van der Waals surface area contributed by atoms with Gasteiger partial charge in [-0.15, -0.1) is 0 Å². The van der Waals surface area contributed by atoms with E-state index in [0.29, 0.717) is 5.02 Å². The molecular weight excluding hydrogens is 346 g/mol. The summed E-state index contributed by atoms with van der Waals surface area (Å²) in [5.41, 5.74) is 6.06. The summed E-state index contributed by atoms with van der Waals surface area (Å²) in [7, 11) is 0. The fourth-order valence-corrected chi connectivity index (χ4v) is 2.81. The molecule has 5 heteroatoms. The minimum absolute atomic E-state index is 0.121. The van der Waals surface area contributed by atoms with Crippen LogP contribution in [0, 0.1) is 6.92 Å². The molecule has 3 aromatic carbocycles. The number of hydrogen-bond donors (Lipinski definition) is 2. The van der Waals surface area contributed by atoms with E-state index >= 15 is 0 Å². The van der Waals surface area contributed by atoms with Crippen molar-refractivity contribution in [3.63, 3.8) is 0 Å². The average Bonchev–Trinajstić information content (AvgIpc) is 2.66. The molecule has 0 bridgehead atoms. The monoisotopic (exact) mass is 365 g/mol. The summed E-state index contributed by atoms with van der Waals surface area (Å²) in [6.45, 7) is 3.90. The van der Waals surface area contributed by atoms with Gasteiger partial charge in [0.1, 0.15) is 0 Å². The van der Waals surface area contributed by atoms with E-state index in [-0.39, 0.29) is 12.5 Å². The van der Waals surface area contributed by atoms with Crippen molar-refractivity contribution in [1.82, 2.24) is 5.43 Å². The lowest BCUT2D eigenvalue weighted by molar-refractivity contribution is -0.119. The van der Waals surface area contributed by atoms with Crippen molar-refractivity contribution in [1.29, 1.82) is 0 Å². The second kappa shape index (κ2) is 8.02. The SMILES string of the molecule is CC(=NNC(=O)CNc1cccc(Cl)c1C)c1ccc2ccccc2c1. The summed E-state index contributed by atoms with van der Waals surface area (Å²) in [4.78, 5) is 12.0. The highest BCUT2D eigenvalue weighted by molar-refractivity contribution is 6.31. The number of carbonyl (C=O) groups is 1. The number of hydrazone groups is 1. The van der Waals surface area contributed by atoms with Gasteiger partial charge in [0.05, 0.1) is 12.3 Å². The molecule has 0 aliphatic heterocycles. The number of anilines is 1. The van der Waals surface area contributed by atoms with Gasteiger partial charge in [-0.25, -0.2) is 5.43 Å². The van der Waals surface area contributed by atoms with Crippen LogP contribution in [-0.2, 0) is 4.79 Å². The van der Waals surface area contributed by atoms with Crippen molar-refractivity contribution in [3.05, 3.63) is 76.8 Å². The van der Waals surface area contributed by atoms with E-state index in [0.717, 1.165) is 27.9 Å². The maximum Gasteiger partial charge on any atom is 0.259 e. The van der Waals surface area contributed by atoms with Crippen LogP contribution in [0.25, 0.3) is 10.8 Å². The second-order valence-corrected chi connectivity index (χ2v) is 6.47. The molecule has 0 aromatic heterocycles. The number of benzene rings is 3. The fourth-order valence-electron chi connectivity index (χ4n) is 2.64. The maximum atomic E-state index is 12.0. The number of amides is 1. The Bertz CT molecular complexity index is 982. The lowest BCUT2D eigenvalue weighted by Gasteiger charge is -2.10. The van der Waals surface area contributed by atoms with Crippen molar-refractivity contribution >= 4 is 39.7 Å². The third-order valence-corrected chi connectivity index (χ3v) is 4.63. The molecule has 26 heavy (non-hydrogen) atoms. The molecule has 3 rings (SSSR count). The summed E-state index contributed by atoms with van der Waals surface area (Å²) >= 11 is 6.08. The number of hydrogen-bond acceptors (Lipinski definition) is 3. The first-order valence-corrected chi connectivity index (χ1v) is 8.73. The molecule has 0 unspecified atom stereocenters. The summed E-state index contributed by atoms with van der Waals surface area (Å²) in [6.07, 6.45) is 0. The Morgan fingerprint density at radius 2 is 1.81 bits per heavy atom. The highest BCUT2D eigenvalue weighted by atomic mass is 35.5. The van der Waals surface area contributed by atoms with E-state index in [9.17, 15) is 4.79 Å². The molecule has 0 saturated carbocycles. The molecule has 1 amide bonds. The Morgan fingerprint density at radius 3 is 2.62 bits per heavy atom. The summed E-state index contributed by atoms with van der Waals surface area (Å²) in [5, 5.41) is 10.3. The molecule has 0 spiro atoms. The topological polar surface area (TPSA) is 53.5 Å². The van der Waals surface area contributed by atoms with Crippen LogP contribution in [-0.4, -0.2) is 18.2 Å². The summed E-state index contributed by atoms with van der Waals surface area (Å²) in [6, 6.07) is 19.8. The molecule has 4 nitrogen and oxygen atoms in total.